The maximum atomic E-state index is 10.6. The Morgan fingerprint density at radius 1 is 1.17 bits per heavy atom. The third kappa shape index (κ3) is 4.94. The molecule has 0 atom stereocenters. The first kappa shape index (κ1) is 18.7. The first-order chi connectivity index (χ1) is 11.4. The third-order valence-electron chi connectivity index (χ3n) is 2.95. The van der Waals surface area contributed by atoms with E-state index < -0.39 is 12.6 Å². The van der Waals surface area contributed by atoms with Crippen molar-refractivity contribution in [1.82, 2.24) is 0 Å². The van der Waals surface area contributed by atoms with Crippen molar-refractivity contribution < 1.29 is 14.6 Å². The Labute approximate surface area is 164 Å². The van der Waals surface area contributed by atoms with Crippen molar-refractivity contribution in [1.29, 1.82) is 5.26 Å². The molecule has 2 aromatic carbocycles. The zero-order valence-corrected chi connectivity index (χ0v) is 16.9. The van der Waals surface area contributed by atoms with Gasteiger partial charge in [-0.25, -0.2) is 4.79 Å². The molecule has 0 aliphatic rings. The summed E-state index contributed by atoms with van der Waals surface area (Å²) in [5.74, 6) is -0.656. The minimum absolute atomic E-state index is 0.400. The molecule has 0 amide bonds. The van der Waals surface area contributed by atoms with E-state index in [1.165, 1.54) is 0 Å². The number of nitrogens with zero attached hydrogens (tertiary/aromatic N) is 1. The number of halogens is 3. The molecule has 1 N–H and O–H groups in total. The van der Waals surface area contributed by atoms with Gasteiger partial charge in [-0.2, -0.15) is 5.26 Å². The normalized spacial score (nSPS) is 11.0. The van der Waals surface area contributed by atoms with Gasteiger partial charge >= 0.3 is 5.97 Å². The van der Waals surface area contributed by atoms with Crippen LogP contribution in [0.1, 0.15) is 11.1 Å². The molecule has 2 rings (SSSR count). The van der Waals surface area contributed by atoms with E-state index in [9.17, 15) is 10.1 Å². The topological polar surface area (TPSA) is 70.3 Å². The Morgan fingerprint density at radius 2 is 1.75 bits per heavy atom. The predicted octanol–water partition coefficient (Wildman–Crippen LogP) is 5.50. The number of hydrogen-bond donors (Lipinski definition) is 1. The van der Waals surface area contributed by atoms with Gasteiger partial charge in [0.1, 0.15) is 5.75 Å². The first-order valence-electron chi connectivity index (χ1n) is 6.62. The number of carbonyl (C=O) groups is 1. The lowest BCUT2D eigenvalue weighted by Crippen LogP contribution is -2.10. The number of benzene rings is 2. The highest BCUT2D eigenvalue weighted by Gasteiger charge is 2.11. The number of ether oxygens (including phenoxy) is 1. The second-order valence-corrected chi connectivity index (χ2v) is 7.30. The summed E-state index contributed by atoms with van der Waals surface area (Å²) in [5, 5.41) is 18.1. The van der Waals surface area contributed by atoms with E-state index in [-0.39, 0.29) is 0 Å². The van der Waals surface area contributed by atoms with E-state index in [4.69, 9.17) is 9.84 Å². The SMILES string of the molecule is N#C/C(=C\c1cc(Br)c(OCC(=O)O)c(Br)c1)c1ccc(Br)cc1. The summed E-state index contributed by atoms with van der Waals surface area (Å²) < 4.78 is 7.36. The van der Waals surface area contributed by atoms with Crippen LogP contribution in [0.4, 0.5) is 0 Å². The average molecular weight is 516 g/mol. The second kappa shape index (κ2) is 8.47. The molecule has 122 valence electrons. The molecule has 0 unspecified atom stereocenters. The van der Waals surface area contributed by atoms with Gasteiger partial charge in [0, 0.05) is 4.47 Å². The molecule has 0 saturated heterocycles. The smallest absolute Gasteiger partial charge is 0.341 e. The molecule has 2 aromatic rings. The highest BCUT2D eigenvalue weighted by molar-refractivity contribution is 9.11. The molecular formula is C17H10Br3NO3. The van der Waals surface area contributed by atoms with E-state index in [1.807, 2.05) is 24.3 Å². The van der Waals surface area contributed by atoms with Gasteiger partial charge in [0.15, 0.2) is 6.61 Å². The molecule has 0 fully saturated rings. The van der Waals surface area contributed by atoms with Crippen LogP contribution in [-0.4, -0.2) is 17.7 Å². The van der Waals surface area contributed by atoms with Crippen LogP contribution in [0.25, 0.3) is 11.6 Å². The van der Waals surface area contributed by atoms with Crippen LogP contribution in [0.15, 0.2) is 49.8 Å². The number of hydrogen-bond acceptors (Lipinski definition) is 3. The number of aliphatic carboxylic acids is 1. The van der Waals surface area contributed by atoms with Crippen molar-refractivity contribution in [2.24, 2.45) is 0 Å². The van der Waals surface area contributed by atoms with Crippen LogP contribution in [0.2, 0.25) is 0 Å². The fourth-order valence-corrected chi connectivity index (χ4v) is 3.63. The van der Waals surface area contributed by atoms with Crippen LogP contribution in [0.5, 0.6) is 5.75 Å². The van der Waals surface area contributed by atoms with Crippen molar-refractivity contribution in [3.63, 3.8) is 0 Å². The lowest BCUT2D eigenvalue weighted by molar-refractivity contribution is -0.139. The zero-order valence-electron chi connectivity index (χ0n) is 12.1. The lowest BCUT2D eigenvalue weighted by atomic mass is 10.0. The maximum Gasteiger partial charge on any atom is 0.341 e. The minimum Gasteiger partial charge on any atom is -0.480 e. The van der Waals surface area contributed by atoms with E-state index >= 15 is 0 Å². The van der Waals surface area contributed by atoms with Crippen molar-refractivity contribution in [3.8, 4) is 11.8 Å². The van der Waals surface area contributed by atoms with Crippen LogP contribution < -0.4 is 4.74 Å². The van der Waals surface area contributed by atoms with Crippen LogP contribution >= 0.6 is 47.8 Å². The zero-order chi connectivity index (χ0) is 17.7. The summed E-state index contributed by atoms with van der Waals surface area (Å²) in [7, 11) is 0. The number of carboxylic acids is 1. The molecule has 4 nitrogen and oxygen atoms in total. The molecule has 0 saturated carbocycles. The molecule has 0 radical (unpaired) electrons. The van der Waals surface area contributed by atoms with Crippen LogP contribution in [-0.2, 0) is 4.79 Å². The number of nitriles is 1. The fourth-order valence-electron chi connectivity index (χ4n) is 1.91. The fraction of sp³-hybridized carbons (Fsp3) is 0.0588. The van der Waals surface area contributed by atoms with Gasteiger partial charge in [0.05, 0.1) is 20.6 Å². The van der Waals surface area contributed by atoms with Gasteiger partial charge in [0.25, 0.3) is 0 Å². The van der Waals surface area contributed by atoms with Crippen LogP contribution in [0, 0.1) is 11.3 Å². The summed E-state index contributed by atoms with van der Waals surface area (Å²) >= 11 is 10.1. The maximum absolute atomic E-state index is 10.6. The van der Waals surface area contributed by atoms with Crippen molar-refractivity contribution in [2.75, 3.05) is 6.61 Å². The molecule has 0 aliphatic carbocycles. The van der Waals surface area contributed by atoms with Crippen molar-refractivity contribution in [2.45, 2.75) is 0 Å². The molecule has 0 heterocycles. The van der Waals surface area contributed by atoms with Gasteiger partial charge in [-0.05, 0) is 73.3 Å². The third-order valence-corrected chi connectivity index (χ3v) is 4.65. The van der Waals surface area contributed by atoms with Gasteiger partial charge in [-0.15, -0.1) is 0 Å². The van der Waals surface area contributed by atoms with E-state index in [1.54, 1.807) is 18.2 Å². The minimum atomic E-state index is -1.06. The predicted molar refractivity (Wildman–Crippen MR) is 103 cm³/mol. The van der Waals surface area contributed by atoms with E-state index in [0.717, 1.165) is 15.6 Å². The first-order valence-corrected chi connectivity index (χ1v) is 9.00. The second-order valence-electron chi connectivity index (χ2n) is 4.67. The number of rotatable bonds is 5. The molecule has 0 spiro atoms. The van der Waals surface area contributed by atoms with Gasteiger partial charge in [0.2, 0.25) is 0 Å². The largest absolute Gasteiger partial charge is 0.480 e. The summed E-state index contributed by atoms with van der Waals surface area (Å²) in [4.78, 5) is 10.6. The van der Waals surface area contributed by atoms with Crippen molar-refractivity contribution in [3.05, 3.63) is 60.9 Å². The summed E-state index contributed by atoms with van der Waals surface area (Å²) in [6.07, 6.45) is 1.75. The average Bonchev–Trinajstić information content (AvgIpc) is 2.52. The van der Waals surface area contributed by atoms with Gasteiger partial charge in [-0.1, -0.05) is 28.1 Å². The summed E-state index contributed by atoms with van der Waals surface area (Å²) in [5.41, 5.74) is 2.09. The Balaban J connectivity index is 2.36. The Hall–Kier alpha value is -1.62. The monoisotopic (exact) mass is 513 g/mol. The molecular weight excluding hydrogens is 506 g/mol. The van der Waals surface area contributed by atoms with Crippen molar-refractivity contribution >= 4 is 65.4 Å². The lowest BCUT2D eigenvalue weighted by Gasteiger charge is -2.10. The summed E-state index contributed by atoms with van der Waals surface area (Å²) in [6.45, 7) is -0.436. The molecule has 0 aliphatic heterocycles. The van der Waals surface area contributed by atoms with Gasteiger partial charge < -0.3 is 9.84 Å². The Kier molecular flexibility index (Phi) is 6.60. The van der Waals surface area contributed by atoms with E-state index in [2.05, 4.69) is 53.9 Å². The number of carboxylic acid groups (broad SMARTS) is 1. The quantitative estimate of drug-likeness (QED) is 0.421. The molecule has 24 heavy (non-hydrogen) atoms. The van der Waals surface area contributed by atoms with Crippen LogP contribution in [0.3, 0.4) is 0 Å². The molecule has 0 aromatic heterocycles. The highest BCUT2D eigenvalue weighted by Crippen LogP contribution is 2.36. The Morgan fingerprint density at radius 3 is 2.25 bits per heavy atom. The molecule has 0 bridgehead atoms. The van der Waals surface area contributed by atoms with Gasteiger partial charge in [-0.3, -0.25) is 0 Å². The highest BCUT2D eigenvalue weighted by atomic mass is 79.9. The van der Waals surface area contributed by atoms with E-state index in [0.29, 0.717) is 20.3 Å². The Bertz CT molecular complexity index is 816. The molecule has 7 heteroatoms. The standard InChI is InChI=1S/C17H10Br3NO3/c18-13-3-1-11(2-4-13)12(8-21)5-10-6-14(19)17(15(20)7-10)24-9-16(22)23/h1-7H,9H2,(H,22,23)/b12-5+. The number of allylic oxidation sites excluding steroid dienone is 1. The summed E-state index contributed by atoms with van der Waals surface area (Å²) in [6, 6.07) is 13.2.